The fraction of sp³-hybridized carbons (Fsp3) is 0.308. The van der Waals surface area contributed by atoms with E-state index in [-0.39, 0.29) is 5.75 Å². The van der Waals surface area contributed by atoms with Gasteiger partial charge in [-0.25, -0.2) is 0 Å². The van der Waals surface area contributed by atoms with Crippen LogP contribution in [-0.2, 0) is 4.74 Å². The van der Waals surface area contributed by atoms with E-state index in [1.165, 1.54) is 0 Å². The predicted octanol–water partition coefficient (Wildman–Crippen LogP) is 2.17. The van der Waals surface area contributed by atoms with Crippen molar-refractivity contribution < 1.29 is 9.84 Å². The maximum absolute atomic E-state index is 9.45. The van der Waals surface area contributed by atoms with Gasteiger partial charge >= 0.3 is 0 Å². The SMILES string of the molecule is CN/C(OC)=C(/C)C(=N)c1ccc(O)c(C)c1. The monoisotopic (exact) mass is 234 g/mol. The van der Waals surface area contributed by atoms with Gasteiger partial charge in [-0.05, 0) is 37.6 Å². The Balaban J connectivity index is 3.12. The first-order valence-corrected chi connectivity index (χ1v) is 5.32. The number of methoxy groups -OCH3 is 1. The van der Waals surface area contributed by atoms with Gasteiger partial charge < -0.3 is 15.2 Å². The van der Waals surface area contributed by atoms with E-state index in [0.29, 0.717) is 11.6 Å². The van der Waals surface area contributed by atoms with Crippen molar-refractivity contribution in [3.8, 4) is 5.75 Å². The number of hydrogen-bond donors (Lipinski definition) is 3. The molecule has 0 aliphatic rings. The van der Waals surface area contributed by atoms with E-state index in [2.05, 4.69) is 5.32 Å². The molecule has 0 unspecified atom stereocenters. The molecule has 0 saturated carbocycles. The van der Waals surface area contributed by atoms with Gasteiger partial charge in [0.25, 0.3) is 0 Å². The fourth-order valence-electron chi connectivity index (χ4n) is 1.58. The third-order valence-corrected chi connectivity index (χ3v) is 2.63. The van der Waals surface area contributed by atoms with Crippen LogP contribution in [0.2, 0.25) is 0 Å². The van der Waals surface area contributed by atoms with Crippen LogP contribution in [0.25, 0.3) is 0 Å². The number of allylic oxidation sites excluding steroid dienone is 1. The molecule has 4 heteroatoms. The summed E-state index contributed by atoms with van der Waals surface area (Å²) >= 11 is 0. The Morgan fingerprint density at radius 2 is 2.06 bits per heavy atom. The van der Waals surface area contributed by atoms with Gasteiger partial charge in [0.15, 0.2) is 5.88 Å². The Hall–Kier alpha value is -1.97. The molecular weight excluding hydrogens is 216 g/mol. The zero-order valence-electron chi connectivity index (χ0n) is 10.6. The summed E-state index contributed by atoms with van der Waals surface area (Å²) in [4.78, 5) is 0. The topological polar surface area (TPSA) is 65.3 Å². The summed E-state index contributed by atoms with van der Waals surface area (Å²) in [5, 5.41) is 20.4. The first kappa shape index (κ1) is 13.1. The van der Waals surface area contributed by atoms with E-state index < -0.39 is 0 Å². The summed E-state index contributed by atoms with van der Waals surface area (Å²) in [6, 6.07) is 5.10. The summed E-state index contributed by atoms with van der Waals surface area (Å²) in [5.41, 5.74) is 2.60. The van der Waals surface area contributed by atoms with Crippen LogP contribution in [0.15, 0.2) is 29.7 Å². The van der Waals surface area contributed by atoms with Crippen LogP contribution in [0, 0.1) is 12.3 Å². The van der Waals surface area contributed by atoms with Crippen molar-refractivity contribution >= 4 is 5.71 Å². The Kier molecular flexibility index (Phi) is 4.15. The van der Waals surface area contributed by atoms with Gasteiger partial charge in [0, 0.05) is 18.2 Å². The van der Waals surface area contributed by atoms with Crippen molar-refractivity contribution in [1.82, 2.24) is 5.32 Å². The minimum atomic E-state index is 0.240. The van der Waals surface area contributed by atoms with Gasteiger partial charge in [0.05, 0.1) is 12.8 Å². The zero-order chi connectivity index (χ0) is 13.0. The average molecular weight is 234 g/mol. The van der Waals surface area contributed by atoms with E-state index >= 15 is 0 Å². The van der Waals surface area contributed by atoms with E-state index in [1.807, 2.05) is 6.92 Å². The number of rotatable bonds is 4. The number of phenolic OH excluding ortho intramolecular Hbond substituents is 1. The van der Waals surface area contributed by atoms with Gasteiger partial charge in [0.1, 0.15) is 5.75 Å². The first-order chi connectivity index (χ1) is 8.01. The number of aromatic hydroxyl groups is 1. The third-order valence-electron chi connectivity index (χ3n) is 2.63. The molecule has 1 aromatic rings. The lowest BCUT2D eigenvalue weighted by Gasteiger charge is -2.12. The largest absolute Gasteiger partial charge is 0.508 e. The molecule has 0 atom stereocenters. The molecule has 1 rings (SSSR count). The van der Waals surface area contributed by atoms with Crippen molar-refractivity contribution in [2.45, 2.75) is 13.8 Å². The summed E-state index contributed by atoms with van der Waals surface area (Å²) in [6.07, 6.45) is 0. The zero-order valence-corrected chi connectivity index (χ0v) is 10.6. The molecule has 0 heterocycles. The molecule has 0 bridgehead atoms. The number of hydrogen-bond acceptors (Lipinski definition) is 4. The Bertz CT molecular complexity index is 458. The van der Waals surface area contributed by atoms with Crippen molar-refractivity contribution in [1.29, 1.82) is 5.41 Å². The lowest BCUT2D eigenvalue weighted by Crippen LogP contribution is -2.15. The molecule has 0 radical (unpaired) electrons. The number of nitrogens with one attached hydrogen (secondary N) is 2. The standard InChI is InChI=1S/C13H18N2O2/c1-8-7-10(5-6-11(8)16)12(14)9(2)13(15-3)17-4/h5-7,14-16H,1-4H3/b13-9+,14-12?. The first-order valence-electron chi connectivity index (χ1n) is 5.32. The molecule has 0 amide bonds. The molecule has 0 aliphatic carbocycles. The minimum absolute atomic E-state index is 0.240. The second-order valence-corrected chi connectivity index (χ2v) is 3.78. The van der Waals surface area contributed by atoms with Crippen LogP contribution in [0.1, 0.15) is 18.1 Å². The maximum atomic E-state index is 9.45. The summed E-state index contributed by atoms with van der Waals surface area (Å²) in [5.74, 6) is 0.810. The fourth-order valence-corrected chi connectivity index (χ4v) is 1.58. The molecule has 0 saturated heterocycles. The number of aryl methyl sites for hydroxylation is 1. The van der Waals surface area contributed by atoms with Gasteiger partial charge in [-0.3, -0.25) is 5.41 Å². The average Bonchev–Trinajstić information content (AvgIpc) is 2.33. The normalized spacial score (nSPS) is 11.8. The van der Waals surface area contributed by atoms with Gasteiger partial charge in [-0.2, -0.15) is 0 Å². The van der Waals surface area contributed by atoms with Crippen molar-refractivity contribution in [3.63, 3.8) is 0 Å². The summed E-state index contributed by atoms with van der Waals surface area (Å²) < 4.78 is 5.14. The van der Waals surface area contributed by atoms with E-state index in [9.17, 15) is 5.11 Å². The highest BCUT2D eigenvalue weighted by Gasteiger charge is 2.10. The molecular formula is C13H18N2O2. The van der Waals surface area contributed by atoms with E-state index in [0.717, 1.165) is 16.7 Å². The van der Waals surface area contributed by atoms with Crippen LogP contribution in [0.3, 0.4) is 0 Å². The molecule has 4 nitrogen and oxygen atoms in total. The van der Waals surface area contributed by atoms with Gasteiger partial charge in [0.2, 0.25) is 0 Å². The van der Waals surface area contributed by atoms with Gasteiger partial charge in [-0.15, -0.1) is 0 Å². The molecule has 1 aromatic carbocycles. The quantitative estimate of drug-likeness (QED) is 0.552. The van der Waals surface area contributed by atoms with Crippen molar-refractivity contribution in [2.24, 2.45) is 0 Å². The van der Waals surface area contributed by atoms with Crippen LogP contribution in [0.5, 0.6) is 5.75 Å². The number of ether oxygens (including phenoxy) is 1. The Labute approximate surface area is 101 Å². The highest BCUT2D eigenvalue weighted by atomic mass is 16.5. The smallest absolute Gasteiger partial charge is 0.191 e. The maximum Gasteiger partial charge on any atom is 0.191 e. The molecule has 0 fully saturated rings. The van der Waals surface area contributed by atoms with Crippen LogP contribution < -0.4 is 5.32 Å². The summed E-state index contributed by atoms with van der Waals surface area (Å²) in [7, 11) is 3.31. The van der Waals surface area contributed by atoms with Gasteiger partial charge in [-0.1, -0.05) is 0 Å². The molecule has 92 valence electrons. The lowest BCUT2D eigenvalue weighted by molar-refractivity contribution is 0.265. The molecule has 0 aliphatic heterocycles. The van der Waals surface area contributed by atoms with E-state index in [1.54, 1.807) is 39.3 Å². The highest BCUT2D eigenvalue weighted by Crippen LogP contribution is 2.19. The molecule has 3 N–H and O–H groups in total. The molecule has 17 heavy (non-hydrogen) atoms. The van der Waals surface area contributed by atoms with Crippen molar-refractivity contribution in [2.75, 3.05) is 14.2 Å². The predicted molar refractivity (Wildman–Crippen MR) is 68.4 cm³/mol. The molecule has 0 aromatic heterocycles. The third kappa shape index (κ3) is 2.78. The Morgan fingerprint density at radius 3 is 2.53 bits per heavy atom. The second-order valence-electron chi connectivity index (χ2n) is 3.78. The minimum Gasteiger partial charge on any atom is -0.508 e. The summed E-state index contributed by atoms with van der Waals surface area (Å²) in [6.45, 7) is 3.63. The molecule has 0 spiro atoms. The lowest BCUT2D eigenvalue weighted by atomic mass is 10.0. The van der Waals surface area contributed by atoms with E-state index in [4.69, 9.17) is 10.1 Å². The van der Waals surface area contributed by atoms with Crippen LogP contribution in [0.4, 0.5) is 0 Å². The number of benzene rings is 1. The van der Waals surface area contributed by atoms with Crippen LogP contribution in [-0.4, -0.2) is 25.0 Å². The second kappa shape index (κ2) is 5.39. The van der Waals surface area contributed by atoms with Crippen molar-refractivity contribution in [3.05, 3.63) is 40.8 Å². The van der Waals surface area contributed by atoms with Crippen LogP contribution >= 0.6 is 0 Å². The highest BCUT2D eigenvalue weighted by molar-refractivity contribution is 6.10. The Morgan fingerprint density at radius 1 is 1.41 bits per heavy atom. The number of phenols is 1.